The van der Waals surface area contributed by atoms with Crippen molar-refractivity contribution in [2.45, 2.75) is 109 Å². The molecule has 0 bridgehead atoms. The number of allylic oxidation sites excluding steroid dienone is 8. The summed E-state index contributed by atoms with van der Waals surface area (Å²) in [6.45, 7) is 32.9. The summed E-state index contributed by atoms with van der Waals surface area (Å²) < 4.78 is 13.6. The van der Waals surface area contributed by atoms with Crippen LogP contribution in [0.4, 0.5) is 0 Å². The van der Waals surface area contributed by atoms with Crippen LogP contribution >= 0.6 is 0 Å². The van der Waals surface area contributed by atoms with Crippen LogP contribution < -0.4 is 0 Å². The van der Waals surface area contributed by atoms with Crippen LogP contribution in [0.15, 0.2) is 36.0 Å². The summed E-state index contributed by atoms with van der Waals surface area (Å²) in [4.78, 5) is 0. The molecule has 2 heterocycles. The molecule has 0 saturated carbocycles. The summed E-state index contributed by atoms with van der Waals surface area (Å²) in [7, 11) is 0. The Kier molecular flexibility index (Phi) is 12.0. The van der Waals surface area contributed by atoms with Crippen LogP contribution in [0.25, 0.3) is 0 Å². The van der Waals surface area contributed by atoms with Gasteiger partial charge in [-0.15, -0.1) is 0 Å². The van der Waals surface area contributed by atoms with Crippen LogP contribution in [0.5, 0.6) is 0 Å². The van der Waals surface area contributed by atoms with Crippen molar-refractivity contribution in [2.24, 2.45) is 22.7 Å². The Morgan fingerprint density at radius 3 is 1.06 bits per heavy atom. The zero-order valence-electron chi connectivity index (χ0n) is 25.0. The van der Waals surface area contributed by atoms with E-state index in [9.17, 15) is 0 Å². The molecule has 0 radical (unpaired) electrons. The van der Waals surface area contributed by atoms with Crippen molar-refractivity contribution in [1.29, 1.82) is 0 Å². The van der Waals surface area contributed by atoms with Crippen LogP contribution in [0.3, 0.4) is 0 Å². The average molecular weight is 621 g/mol. The fourth-order valence-electron chi connectivity index (χ4n) is 5.57. The van der Waals surface area contributed by atoms with Gasteiger partial charge in [0.2, 0.25) is 0 Å². The summed E-state index contributed by atoms with van der Waals surface area (Å²) >= 11 is -0.797. The van der Waals surface area contributed by atoms with E-state index in [1.165, 1.54) is 25.7 Å². The van der Waals surface area contributed by atoms with E-state index in [1.807, 2.05) is 2.58 Å². The Bertz CT molecular complexity index is 782. The molecule has 200 valence electrons. The minimum atomic E-state index is -0.797. The van der Waals surface area contributed by atoms with E-state index in [0.29, 0.717) is 11.8 Å². The van der Waals surface area contributed by atoms with Crippen molar-refractivity contribution in [3.8, 4) is 0 Å². The Morgan fingerprint density at radius 2 is 0.857 bits per heavy atom. The Labute approximate surface area is 237 Å². The molecule has 4 aliphatic rings. The molecule has 0 atom stereocenters. The van der Waals surface area contributed by atoms with E-state index < -0.39 is 36.3 Å². The van der Waals surface area contributed by atoms with Crippen LogP contribution in [0.1, 0.15) is 109 Å². The predicted molar refractivity (Wildman–Crippen MR) is 148 cm³/mol. The van der Waals surface area contributed by atoms with Gasteiger partial charge in [-0.25, -0.2) is 0 Å². The van der Waals surface area contributed by atoms with Crippen LogP contribution in [0, 0.1) is 59.0 Å². The van der Waals surface area contributed by atoms with Gasteiger partial charge in [0.1, 0.15) is 0 Å². The summed E-state index contributed by atoms with van der Waals surface area (Å²) in [5, 5.41) is 0. The van der Waals surface area contributed by atoms with Gasteiger partial charge in [-0.2, -0.15) is 0 Å². The van der Waals surface area contributed by atoms with Crippen molar-refractivity contribution < 1.29 is 45.8 Å². The first-order valence-electron chi connectivity index (χ1n) is 13.9. The number of ether oxygens (including phenoxy) is 2. The van der Waals surface area contributed by atoms with Gasteiger partial charge in [0, 0.05) is 26.4 Å². The molecule has 2 nitrogen and oxygen atoms in total. The zero-order valence-corrected chi connectivity index (χ0v) is 27.7. The minimum absolute atomic E-state index is 0.254. The molecule has 0 aromatic heterocycles. The van der Waals surface area contributed by atoms with Gasteiger partial charge in [-0.05, 0) is 25.7 Å². The first-order valence-corrected chi connectivity index (χ1v) is 16.6. The molecule has 0 N–H and O–H groups in total. The topological polar surface area (TPSA) is 18.5 Å². The fraction of sp³-hybridized carbons (Fsp3) is 0.750. The van der Waals surface area contributed by atoms with Crippen LogP contribution in [-0.2, 0) is 9.47 Å². The third kappa shape index (κ3) is 7.20. The second kappa shape index (κ2) is 13.3. The molecular weight excluding hydrogens is 567 g/mol. The van der Waals surface area contributed by atoms with Gasteiger partial charge >= 0.3 is 178 Å². The van der Waals surface area contributed by atoms with Crippen molar-refractivity contribution in [2.75, 3.05) is 26.4 Å². The van der Waals surface area contributed by atoms with E-state index in [1.54, 1.807) is 33.4 Å². The van der Waals surface area contributed by atoms with E-state index in [2.05, 4.69) is 83.1 Å². The molecule has 0 amide bonds. The second-order valence-electron chi connectivity index (χ2n) is 12.3. The standard InChI is InChI=1S/2C12H19.2C4H8O.Sm/c2*1-8(2)11-7-12(5,6)10(4)9(11)3;2*1-2-4-5-3-1;/h2*8H,1-6H3;2*1-4H2;. The SMILES string of the molecule is C1CCOC1.C1CCOC1.CC1=C(C)C(C)(C)[C]([Sm][C]2=C(C(C)C)C(C)=C(C)C2(C)C)=C1C(C)C. The Balaban J connectivity index is 0.000000352. The van der Waals surface area contributed by atoms with Crippen molar-refractivity contribution in [1.82, 2.24) is 0 Å². The van der Waals surface area contributed by atoms with Gasteiger partial charge in [0.15, 0.2) is 0 Å². The number of hydrogen-bond acceptors (Lipinski definition) is 2. The molecular formula is C32H54O2Sm. The normalized spacial score (nSPS) is 23.5. The Morgan fingerprint density at radius 1 is 0.571 bits per heavy atom. The van der Waals surface area contributed by atoms with E-state index in [0.717, 1.165) is 26.4 Å². The molecule has 2 aliphatic heterocycles. The first kappa shape index (κ1) is 31.4. The molecule has 0 spiro atoms. The molecule has 3 heteroatoms. The molecule has 4 rings (SSSR count). The predicted octanol–water partition coefficient (Wildman–Crippen LogP) is 9.24. The van der Waals surface area contributed by atoms with Gasteiger partial charge in [0.05, 0.1) is 0 Å². The molecule has 2 fully saturated rings. The maximum atomic E-state index is 4.94. The molecule has 0 aromatic rings. The van der Waals surface area contributed by atoms with Crippen LogP contribution in [-0.4, -0.2) is 26.4 Å². The summed E-state index contributed by atoms with van der Waals surface area (Å²) in [6.07, 6.45) is 5.11. The fourth-order valence-corrected chi connectivity index (χ4v) is 12.0. The summed E-state index contributed by atoms with van der Waals surface area (Å²) in [5.74, 6) is 1.27. The average Bonchev–Trinajstić information content (AvgIpc) is 3.57. The zero-order chi connectivity index (χ0) is 26.6. The quantitative estimate of drug-likeness (QED) is 0.312. The van der Waals surface area contributed by atoms with Gasteiger partial charge in [-0.3, -0.25) is 0 Å². The summed E-state index contributed by atoms with van der Waals surface area (Å²) in [5.41, 5.74) is 10.3. The molecule has 0 aromatic carbocycles. The van der Waals surface area contributed by atoms with Crippen LogP contribution in [0.2, 0.25) is 0 Å². The number of hydrogen-bond donors (Lipinski definition) is 0. The summed E-state index contributed by atoms with van der Waals surface area (Å²) in [6, 6.07) is 0. The second-order valence-corrected chi connectivity index (χ2v) is 15.6. The van der Waals surface area contributed by atoms with Crippen molar-refractivity contribution >= 4 is 0 Å². The molecule has 2 aliphatic carbocycles. The van der Waals surface area contributed by atoms with Crippen molar-refractivity contribution in [3.63, 3.8) is 0 Å². The third-order valence-electron chi connectivity index (χ3n) is 8.45. The van der Waals surface area contributed by atoms with E-state index >= 15 is 0 Å². The van der Waals surface area contributed by atoms with Crippen molar-refractivity contribution in [3.05, 3.63) is 36.0 Å². The number of rotatable bonds is 4. The van der Waals surface area contributed by atoms with Gasteiger partial charge in [0.25, 0.3) is 0 Å². The first-order chi connectivity index (χ1) is 16.3. The van der Waals surface area contributed by atoms with Gasteiger partial charge < -0.3 is 9.47 Å². The Hall–Kier alpha value is 0.218. The molecule has 35 heavy (non-hydrogen) atoms. The van der Waals surface area contributed by atoms with Gasteiger partial charge in [-0.1, -0.05) is 0 Å². The third-order valence-corrected chi connectivity index (χ3v) is 14.4. The monoisotopic (exact) mass is 622 g/mol. The molecule has 2 saturated heterocycles. The van der Waals surface area contributed by atoms with E-state index in [-0.39, 0.29) is 10.8 Å². The molecule has 0 unspecified atom stereocenters. The maximum absolute atomic E-state index is 4.94. The van der Waals surface area contributed by atoms with E-state index in [4.69, 9.17) is 9.47 Å².